The first-order chi connectivity index (χ1) is 7.36. The zero-order valence-corrected chi connectivity index (χ0v) is 8.82. The van der Waals surface area contributed by atoms with E-state index in [0.717, 1.165) is 18.4 Å². The second-order valence-corrected chi connectivity index (χ2v) is 3.75. The highest BCUT2D eigenvalue weighted by atomic mass is 14.0. The van der Waals surface area contributed by atoms with Crippen LogP contribution in [0.5, 0.6) is 0 Å². The van der Waals surface area contributed by atoms with Crippen molar-refractivity contribution in [1.82, 2.24) is 0 Å². The first-order valence-corrected chi connectivity index (χ1v) is 5.30. The van der Waals surface area contributed by atoms with Gasteiger partial charge in [0.15, 0.2) is 0 Å². The maximum Gasteiger partial charge on any atom is -0.0235 e. The lowest BCUT2D eigenvalue weighted by atomic mass is 10.0. The van der Waals surface area contributed by atoms with Crippen molar-refractivity contribution >= 4 is 0 Å². The Kier molecular flexibility index (Phi) is 3.18. The quantitative estimate of drug-likeness (QED) is 0.701. The van der Waals surface area contributed by atoms with Crippen LogP contribution in [0.1, 0.15) is 16.7 Å². The normalized spacial score (nSPS) is 10.2. The second-order valence-electron chi connectivity index (χ2n) is 3.75. The van der Waals surface area contributed by atoms with Crippen molar-refractivity contribution in [2.24, 2.45) is 0 Å². The van der Waals surface area contributed by atoms with Crippen molar-refractivity contribution in [2.75, 3.05) is 0 Å². The van der Waals surface area contributed by atoms with Crippen LogP contribution in [0.25, 0.3) is 0 Å². The van der Waals surface area contributed by atoms with Gasteiger partial charge in [-0.2, -0.15) is 0 Å². The Morgan fingerprint density at radius 1 is 0.733 bits per heavy atom. The molecule has 0 aliphatic heterocycles. The number of hydrogen-bond acceptors (Lipinski definition) is 0. The molecule has 0 aromatic heterocycles. The molecule has 0 heteroatoms. The molecule has 15 heavy (non-hydrogen) atoms. The SMILES string of the molecule is [CH2]c1ccccc1CCc1ccccc1. The van der Waals surface area contributed by atoms with Crippen LogP contribution in [-0.4, -0.2) is 0 Å². The summed E-state index contributed by atoms with van der Waals surface area (Å²) >= 11 is 0. The highest BCUT2D eigenvalue weighted by Gasteiger charge is 1.97. The van der Waals surface area contributed by atoms with Crippen LogP contribution < -0.4 is 0 Å². The van der Waals surface area contributed by atoms with Gasteiger partial charge in [-0.05, 0) is 36.5 Å². The molecule has 75 valence electrons. The van der Waals surface area contributed by atoms with E-state index in [1.807, 2.05) is 6.07 Å². The number of hydrogen-bond donors (Lipinski definition) is 0. The molecule has 2 rings (SSSR count). The largest absolute Gasteiger partial charge is 0.0622 e. The maximum absolute atomic E-state index is 4.03. The minimum atomic E-state index is 1.07. The molecule has 1 radical (unpaired) electrons. The minimum Gasteiger partial charge on any atom is -0.0622 e. The molecule has 0 saturated carbocycles. The summed E-state index contributed by atoms with van der Waals surface area (Å²) in [7, 11) is 0. The van der Waals surface area contributed by atoms with E-state index in [-0.39, 0.29) is 0 Å². The molecule has 0 amide bonds. The third kappa shape index (κ3) is 2.69. The van der Waals surface area contributed by atoms with Crippen molar-refractivity contribution in [3.05, 3.63) is 78.2 Å². The van der Waals surface area contributed by atoms with E-state index < -0.39 is 0 Å². The molecule has 0 spiro atoms. The molecule has 0 fully saturated rings. The van der Waals surface area contributed by atoms with E-state index in [0.29, 0.717) is 0 Å². The lowest BCUT2D eigenvalue weighted by molar-refractivity contribution is 0.955. The molecule has 0 heterocycles. The topological polar surface area (TPSA) is 0 Å². The van der Waals surface area contributed by atoms with E-state index in [9.17, 15) is 0 Å². The average molecular weight is 195 g/mol. The molecule has 0 atom stereocenters. The zero-order chi connectivity index (χ0) is 10.5. The van der Waals surface area contributed by atoms with Crippen molar-refractivity contribution in [1.29, 1.82) is 0 Å². The molecule has 0 N–H and O–H groups in total. The molecule has 0 aliphatic carbocycles. The number of rotatable bonds is 3. The summed E-state index contributed by atoms with van der Waals surface area (Å²) < 4.78 is 0. The van der Waals surface area contributed by atoms with Crippen LogP contribution in [-0.2, 0) is 12.8 Å². The first-order valence-electron chi connectivity index (χ1n) is 5.30. The van der Waals surface area contributed by atoms with Crippen molar-refractivity contribution in [2.45, 2.75) is 12.8 Å². The number of benzene rings is 2. The van der Waals surface area contributed by atoms with Crippen LogP contribution >= 0.6 is 0 Å². The summed E-state index contributed by atoms with van der Waals surface area (Å²) in [6, 6.07) is 18.9. The molecule has 2 aromatic rings. The van der Waals surface area contributed by atoms with Gasteiger partial charge in [-0.15, -0.1) is 0 Å². The van der Waals surface area contributed by atoms with Gasteiger partial charge < -0.3 is 0 Å². The van der Waals surface area contributed by atoms with Gasteiger partial charge in [0.2, 0.25) is 0 Å². The van der Waals surface area contributed by atoms with E-state index in [1.54, 1.807) is 0 Å². The number of aryl methyl sites for hydroxylation is 2. The van der Waals surface area contributed by atoms with Gasteiger partial charge in [0, 0.05) is 0 Å². The van der Waals surface area contributed by atoms with Gasteiger partial charge in [-0.1, -0.05) is 54.6 Å². The van der Waals surface area contributed by atoms with E-state index in [4.69, 9.17) is 0 Å². The smallest absolute Gasteiger partial charge is 0.0235 e. The van der Waals surface area contributed by atoms with Gasteiger partial charge in [0.25, 0.3) is 0 Å². The monoisotopic (exact) mass is 195 g/mol. The maximum atomic E-state index is 4.03. The summed E-state index contributed by atoms with van der Waals surface area (Å²) in [6.07, 6.45) is 2.16. The standard InChI is InChI=1S/C15H15/c1-13-7-5-6-10-15(13)12-11-14-8-3-2-4-9-14/h2-10H,1,11-12H2. The predicted molar refractivity (Wildman–Crippen MR) is 64.8 cm³/mol. The summed E-state index contributed by atoms with van der Waals surface area (Å²) in [4.78, 5) is 0. The second kappa shape index (κ2) is 4.79. The van der Waals surface area contributed by atoms with Crippen LogP contribution in [0, 0.1) is 6.92 Å². The Morgan fingerprint density at radius 2 is 1.40 bits per heavy atom. The Morgan fingerprint density at radius 3 is 2.13 bits per heavy atom. The summed E-state index contributed by atoms with van der Waals surface area (Å²) in [5, 5.41) is 0. The Labute approximate surface area is 91.6 Å². The van der Waals surface area contributed by atoms with E-state index in [1.165, 1.54) is 11.1 Å². The highest BCUT2D eigenvalue weighted by molar-refractivity contribution is 5.30. The highest BCUT2D eigenvalue weighted by Crippen LogP contribution is 2.11. The lowest BCUT2D eigenvalue weighted by Gasteiger charge is -2.05. The van der Waals surface area contributed by atoms with E-state index >= 15 is 0 Å². The minimum absolute atomic E-state index is 1.07. The fourth-order valence-corrected chi connectivity index (χ4v) is 1.73. The first kappa shape index (κ1) is 9.97. The summed E-state index contributed by atoms with van der Waals surface area (Å²) in [5.74, 6) is 0. The average Bonchev–Trinajstić information content (AvgIpc) is 2.29. The van der Waals surface area contributed by atoms with Crippen molar-refractivity contribution in [3.8, 4) is 0 Å². The molecule has 2 aromatic carbocycles. The van der Waals surface area contributed by atoms with Gasteiger partial charge >= 0.3 is 0 Å². The molecular weight excluding hydrogens is 180 g/mol. The third-order valence-electron chi connectivity index (χ3n) is 2.64. The van der Waals surface area contributed by atoms with Gasteiger partial charge in [0.1, 0.15) is 0 Å². The van der Waals surface area contributed by atoms with Crippen LogP contribution in [0.15, 0.2) is 54.6 Å². The molecule has 0 nitrogen and oxygen atoms in total. The zero-order valence-electron chi connectivity index (χ0n) is 8.82. The van der Waals surface area contributed by atoms with Crippen LogP contribution in [0.4, 0.5) is 0 Å². The molecular formula is C15H15. The van der Waals surface area contributed by atoms with E-state index in [2.05, 4.69) is 55.5 Å². The predicted octanol–water partition coefficient (Wildman–Crippen LogP) is 3.65. The fourth-order valence-electron chi connectivity index (χ4n) is 1.73. The molecule has 0 saturated heterocycles. The van der Waals surface area contributed by atoms with Gasteiger partial charge in [-0.25, -0.2) is 0 Å². The Bertz CT molecular complexity index is 415. The van der Waals surface area contributed by atoms with Crippen molar-refractivity contribution < 1.29 is 0 Å². The fraction of sp³-hybridized carbons (Fsp3) is 0.133. The summed E-state index contributed by atoms with van der Waals surface area (Å²) in [6.45, 7) is 4.03. The third-order valence-corrected chi connectivity index (χ3v) is 2.64. The van der Waals surface area contributed by atoms with Crippen LogP contribution in [0.2, 0.25) is 0 Å². The molecule has 0 unspecified atom stereocenters. The lowest BCUT2D eigenvalue weighted by Crippen LogP contribution is -1.93. The molecule has 0 bridgehead atoms. The van der Waals surface area contributed by atoms with Crippen molar-refractivity contribution in [3.63, 3.8) is 0 Å². The Hall–Kier alpha value is -1.56. The molecule has 0 aliphatic rings. The van der Waals surface area contributed by atoms with Crippen LogP contribution in [0.3, 0.4) is 0 Å². The Balaban J connectivity index is 2.03. The van der Waals surface area contributed by atoms with Gasteiger partial charge in [-0.3, -0.25) is 0 Å². The van der Waals surface area contributed by atoms with Gasteiger partial charge in [0.05, 0.1) is 0 Å². The summed E-state index contributed by atoms with van der Waals surface area (Å²) in [5.41, 5.74) is 3.88.